The number of rotatable bonds is 4. The van der Waals surface area contributed by atoms with Gasteiger partial charge in [0.15, 0.2) is 0 Å². The molecule has 2 aromatic carbocycles. The van der Waals surface area contributed by atoms with E-state index >= 15 is 0 Å². The van der Waals surface area contributed by atoms with Gasteiger partial charge in [0, 0.05) is 23.8 Å². The van der Waals surface area contributed by atoms with Crippen molar-refractivity contribution in [3.05, 3.63) is 64.3 Å². The Morgan fingerprint density at radius 1 is 1.23 bits per heavy atom. The molecule has 0 bridgehead atoms. The van der Waals surface area contributed by atoms with Gasteiger partial charge < -0.3 is 11.1 Å². The van der Waals surface area contributed by atoms with Crippen molar-refractivity contribution < 1.29 is 9.59 Å². The van der Waals surface area contributed by atoms with Crippen LogP contribution in [0.4, 0.5) is 17.1 Å². The number of nitrogen functional groups attached to an aromatic ring is 1. The maximum Gasteiger partial charge on any atom is 0.267 e. The van der Waals surface area contributed by atoms with E-state index in [0.29, 0.717) is 22.1 Å². The number of anilines is 3. The number of benzene rings is 2. The van der Waals surface area contributed by atoms with Crippen LogP contribution >= 0.6 is 23.2 Å². The van der Waals surface area contributed by atoms with Crippen molar-refractivity contribution in [3.8, 4) is 6.07 Å². The highest BCUT2D eigenvalue weighted by atomic mass is 35.5. The number of amides is 2. The number of carbonyl (C=O) groups excluding carboxylic acids is 2. The van der Waals surface area contributed by atoms with Crippen molar-refractivity contribution in [2.45, 2.75) is 6.92 Å². The van der Waals surface area contributed by atoms with E-state index in [-0.39, 0.29) is 16.5 Å². The molecule has 0 aromatic heterocycles. The molecule has 0 radical (unpaired) electrons. The first-order valence-corrected chi connectivity index (χ1v) is 8.11. The van der Waals surface area contributed by atoms with Crippen molar-refractivity contribution in [2.24, 2.45) is 0 Å². The van der Waals surface area contributed by atoms with Crippen LogP contribution in [0.25, 0.3) is 0 Å². The van der Waals surface area contributed by atoms with Gasteiger partial charge in [0.1, 0.15) is 11.6 Å². The van der Waals surface area contributed by atoms with Gasteiger partial charge in [-0.25, -0.2) is 0 Å². The van der Waals surface area contributed by atoms with E-state index in [9.17, 15) is 14.9 Å². The van der Waals surface area contributed by atoms with E-state index in [1.54, 1.807) is 36.4 Å². The third-order valence-corrected chi connectivity index (χ3v) is 3.84. The number of halogens is 2. The van der Waals surface area contributed by atoms with E-state index in [0.717, 1.165) is 11.1 Å². The minimum absolute atomic E-state index is 0.224. The zero-order chi connectivity index (χ0) is 19.3. The summed E-state index contributed by atoms with van der Waals surface area (Å²) >= 11 is 11.8. The Morgan fingerprint density at radius 3 is 2.54 bits per heavy atom. The van der Waals surface area contributed by atoms with Crippen LogP contribution in [0.15, 0.2) is 54.2 Å². The lowest BCUT2D eigenvalue weighted by atomic mass is 10.2. The molecule has 0 heterocycles. The van der Waals surface area contributed by atoms with Crippen LogP contribution in [0.2, 0.25) is 10.0 Å². The summed E-state index contributed by atoms with van der Waals surface area (Å²) in [5, 5.41) is 12.5. The summed E-state index contributed by atoms with van der Waals surface area (Å²) in [6.45, 7) is 1.31. The second kappa shape index (κ2) is 8.39. The second-order valence-electron chi connectivity index (χ2n) is 5.22. The van der Waals surface area contributed by atoms with E-state index in [1.165, 1.54) is 19.1 Å². The summed E-state index contributed by atoms with van der Waals surface area (Å²) in [6.07, 6.45) is 1.15. The van der Waals surface area contributed by atoms with Crippen LogP contribution in [0, 0.1) is 11.3 Å². The fourth-order valence-electron chi connectivity index (χ4n) is 2.07. The van der Waals surface area contributed by atoms with E-state index < -0.39 is 5.91 Å². The average molecular weight is 389 g/mol. The summed E-state index contributed by atoms with van der Waals surface area (Å²) < 4.78 is 0. The molecule has 2 amide bonds. The topological polar surface area (TPSA) is 99.2 Å². The Bertz CT molecular complexity index is 935. The predicted octanol–water partition coefficient (Wildman–Crippen LogP) is 3.97. The fourth-order valence-corrected chi connectivity index (χ4v) is 2.53. The van der Waals surface area contributed by atoms with Gasteiger partial charge in [-0.05, 0) is 36.4 Å². The van der Waals surface area contributed by atoms with E-state index in [2.05, 4.69) is 5.32 Å². The molecule has 0 aliphatic heterocycles. The van der Waals surface area contributed by atoms with Gasteiger partial charge in [-0.3, -0.25) is 14.5 Å². The normalized spacial score (nSPS) is 10.8. The van der Waals surface area contributed by atoms with Crippen LogP contribution in [-0.2, 0) is 9.59 Å². The molecule has 0 fully saturated rings. The summed E-state index contributed by atoms with van der Waals surface area (Å²) in [6, 6.07) is 12.8. The van der Waals surface area contributed by atoms with Crippen LogP contribution in [-0.4, -0.2) is 11.8 Å². The monoisotopic (exact) mass is 388 g/mol. The lowest BCUT2D eigenvalue weighted by molar-refractivity contribution is -0.116. The minimum atomic E-state index is -0.716. The van der Waals surface area contributed by atoms with Gasteiger partial charge in [-0.15, -0.1) is 0 Å². The minimum Gasteiger partial charge on any atom is -0.399 e. The molecule has 26 heavy (non-hydrogen) atoms. The molecule has 132 valence electrons. The second-order valence-corrected chi connectivity index (χ2v) is 6.06. The van der Waals surface area contributed by atoms with E-state index in [4.69, 9.17) is 28.9 Å². The van der Waals surface area contributed by atoms with Crippen molar-refractivity contribution in [3.63, 3.8) is 0 Å². The van der Waals surface area contributed by atoms with Gasteiger partial charge in [-0.1, -0.05) is 29.3 Å². The van der Waals surface area contributed by atoms with Gasteiger partial charge in [0.2, 0.25) is 5.91 Å². The highest BCUT2D eigenvalue weighted by Gasteiger charge is 2.16. The molecule has 2 aromatic rings. The maximum absolute atomic E-state index is 12.4. The molecule has 0 saturated carbocycles. The first-order chi connectivity index (χ1) is 12.3. The predicted molar refractivity (Wildman–Crippen MR) is 103 cm³/mol. The number of nitrogens with zero attached hydrogens (tertiary/aromatic N) is 2. The van der Waals surface area contributed by atoms with Crippen LogP contribution < -0.4 is 16.0 Å². The molecule has 3 N–H and O–H groups in total. The molecular weight excluding hydrogens is 375 g/mol. The Morgan fingerprint density at radius 2 is 1.96 bits per heavy atom. The number of hydrogen-bond donors (Lipinski definition) is 2. The Hall–Kier alpha value is -3.01. The van der Waals surface area contributed by atoms with Crippen molar-refractivity contribution in [2.75, 3.05) is 16.0 Å². The summed E-state index contributed by atoms with van der Waals surface area (Å²) in [7, 11) is 0. The van der Waals surface area contributed by atoms with Gasteiger partial charge in [0.25, 0.3) is 5.91 Å². The molecule has 0 aliphatic carbocycles. The molecule has 0 atom stereocenters. The first kappa shape index (κ1) is 19.3. The number of nitrogens with one attached hydrogen (secondary N) is 1. The highest BCUT2D eigenvalue weighted by Crippen LogP contribution is 2.26. The van der Waals surface area contributed by atoms with Crippen molar-refractivity contribution in [1.82, 2.24) is 0 Å². The summed E-state index contributed by atoms with van der Waals surface area (Å²) in [5.74, 6) is -1.10. The molecule has 2 rings (SSSR count). The molecule has 0 aliphatic rings. The average Bonchev–Trinajstić information content (AvgIpc) is 2.57. The van der Waals surface area contributed by atoms with Gasteiger partial charge in [-0.2, -0.15) is 5.26 Å². The number of carbonyl (C=O) groups is 2. The molecular formula is C18H14Cl2N4O2. The number of hydrogen-bond acceptors (Lipinski definition) is 4. The fraction of sp³-hybridized carbons (Fsp3) is 0.0556. The third kappa shape index (κ3) is 4.76. The van der Waals surface area contributed by atoms with Crippen molar-refractivity contribution in [1.29, 1.82) is 5.26 Å². The van der Waals surface area contributed by atoms with Crippen molar-refractivity contribution >= 4 is 52.1 Å². The van der Waals surface area contributed by atoms with Crippen LogP contribution in [0.5, 0.6) is 0 Å². The first-order valence-electron chi connectivity index (χ1n) is 7.35. The zero-order valence-electron chi connectivity index (χ0n) is 13.7. The largest absolute Gasteiger partial charge is 0.399 e. The molecule has 8 heteroatoms. The van der Waals surface area contributed by atoms with E-state index in [1.807, 2.05) is 0 Å². The van der Waals surface area contributed by atoms with Gasteiger partial charge >= 0.3 is 0 Å². The molecule has 6 nitrogen and oxygen atoms in total. The standard InChI is InChI=1S/C18H14Cl2N4O2/c1-11(25)24(15-4-2-3-14(22)8-15)10-12(9-21)18(26)23-17-6-5-13(19)7-16(17)20/h2-8,10H,22H2,1H3,(H,23,26)/b12-10-. The molecule has 0 spiro atoms. The number of nitriles is 1. The van der Waals surface area contributed by atoms with Gasteiger partial charge in [0.05, 0.1) is 16.4 Å². The Labute approximate surface area is 160 Å². The lowest BCUT2D eigenvalue weighted by Gasteiger charge is -2.17. The molecule has 0 saturated heterocycles. The maximum atomic E-state index is 12.4. The highest BCUT2D eigenvalue weighted by molar-refractivity contribution is 6.36. The Kier molecular flexibility index (Phi) is 6.23. The lowest BCUT2D eigenvalue weighted by Crippen LogP contribution is -2.25. The Balaban J connectivity index is 2.33. The summed E-state index contributed by atoms with van der Waals surface area (Å²) in [4.78, 5) is 25.5. The number of nitrogens with two attached hydrogens (primary N) is 1. The smallest absolute Gasteiger partial charge is 0.267 e. The quantitative estimate of drug-likeness (QED) is 0.470. The summed E-state index contributed by atoms with van der Waals surface area (Å²) in [5.41, 5.74) is 6.61. The third-order valence-electron chi connectivity index (χ3n) is 3.29. The molecule has 0 unspecified atom stereocenters. The SMILES string of the molecule is CC(=O)N(/C=C(/C#N)C(=O)Nc1ccc(Cl)cc1Cl)c1cccc(N)c1. The van der Waals surface area contributed by atoms with Crippen LogP contribution in [0.3, 0.4) is 0 Å². The zero-order valence-corrected chi connectivity index (χ0v) is 15.2. The van der Waals surface area contributed by atoms with Crippen LogP contribution in [0.1, 0.15) is 6.92 Å².